The van der Waals surface area contributed by atoms with Gasteiger partial charge in [-0.05, 0) is 24.5 Å². The molecule has 1 aromatic rings. The van der Waals surface area contributed by atoms with Crippen LogP contribution in [0.25, 0.3) is 0 Å². The minimum Gasteiger partial charge on any atom is -0.480 e. The molecule has 1 aromatic carbocycles. The van der Waals surface area contributed by atoms with Crippen LogP contribution in [0.5, 0.6) is 0 Å². The molecule has 20 heavy (non-hydrogen) atoms. The Morgan fingerprint density at radius 1 is 1.35 bits per heavy atom. The van der Waals surface area contributed by atoms with E-state index in [1.807, 2.05) is 36.1 Å². The highest BCUT2D eigenvalue weighted by Gasteiger charge is 2.31. The monoisotopic (exact) mass is 276 g/mol. The lowest BCUT2D eigenvalue weighted by Gasteiger charge is -2.34. The predicted octanol–water partition coefficient (Wildman–Crippen LogP) is 1.02. The highest BCUT2D eigenvalue weighted by atomic mass is 16.4. The van der Waals surface area contributed by atoms with Gasteiger partial charge in [-0.2, -0.15) is 0 Å². The molecule has 1 atom stereocenters. The Hall–Kier alpha value is -1.88. The van der Waals surface area contributed by atoms with Crippen LogP contribution in [0.4, 0.5) is 0 Å². The topological polar surface area (TPSA) is 69.6 Å². The summed E-state index contributed by atoms with van der Waals surface area (Å²) in [5, 5.41) is 12.1. The number of hydrogen-bond donors (Lipinski definition) is 2. The average Bonchev–Trinajstić information content (AvgIpc) is 2.44. The molecular formula is C15H20N2O3. The first-order chi connectivity index (χ1) is 9.61. The van der Waals surface area contributed by atoms with Gasteiger partial charge in [0.1, 0.15) is 6.04 Å². The SMILES string of the molecule is CCNC(=O)CCN1Cc2ccccc2CC1C(=O)O. The Bertz CT molecular complexity index is 502. The molecule has 0 fully saturated rings. The van der Waals surface area contributed by atoms with Crippen LogP contribution >= 0.6 is 0 Å². The van der Waals surface area contributed by atoms with E-state index < -0.39 is 12.0 Å². The van der Waals surface area contributed by atoms with Gasteiger partial charge in [0.25, 0.3) is 0 Å². The zero-order chi connectivity index (χ0) is 14.5. The van der Waals surface area contributed by atoms with Crippen LogP contribution in [0.1, 0.15) is 24.5 Å². The van der Waals surface area contributed by atoms with Crippen molar-refractivity contribution in [1.29, 1.82) is 0 Å². The van der Waals surface area contributed by atoms with Gasteiger partial charge in [-0.15, -0.1) is 0 Å². The lowest BCUT2D eigenvalue weighted by Crippen LogP contribution is -2.46. The second-order valence-electron chi connectivity index (χ2n) is 5.00. The molecule has 0 aromatic heterocycles. The Labute approximate surface area is 118 Å². The van der Waals surface area contributed by atoms with Gasteiger partial charge in [-0.1, -0.05) is 24.3 Å². The average molecular weight is 276 g/mol. The summed E-state index contributed by atoms with van der Waals surface area (Å²) in [5.41, 5.74) is 2.25. The molecule has 1 heterocycles. The van der Waals surface area contributed by atoms with Gasteiger partial charge in [-0.25, -0.2) is 0 Å². The molecule has 0 aliphatic carbocycles. The molecule has 2 rings (SSSR count). The molecule has 1 aliphatic heterocycles. The first-order valence-corrected chi connectivity index (χ1v) is 6.92. The van der Waals surface area contributed by atoms with Crippen molar-refractivity contribution in [1.82, 2.24) is 10.2 Å². The lowest BCUT2D eigenvalue weighted by molar-refractivity contribution is -0.144. The number of carboxylic acid groups (broad SMARTS) is 1. The van der Waals surface area contributed by atoms with Crippen LogP contribution in [0.15, 0.2) is 24.3 Å². The standard InChI is InChI=1S/C15H20N2O3/c1-2-16-14(18)7-8-17-10-12-6-4-3-5-11(12)9-13(17)15(19)20/h3-6,13H,2,7-10H2,1H3,(H,16,18)(H,19,20). The minimum atomic E-state index is -0.824. The molecule has 1 unspecified atom stereocenters. The van der Waals surface area contributed by atoms with E-state index in [9.17, 15) is 14.7 Å². The summed E-state index contributed by atoms with van der Waals surface area (Å²) >= 11 is 0. The highest BCUT2D eigenvalue weighted by molar-refractivity contribution is 5.77. The Balaban J connectivity index is 2.06. The molecular weight excluding hydrogens is 256 g/mol. The Kier molecular flexibility index (Phi) is 4.74. The van der Waals surface area contributed by atoms with Gasteiger partial charge < -0.3 is 10.4 Å². The van der Waals surface area contributed by atoms with Crippen LogP contribution in [-0.4, -0.2) is 41.0 Å². The number of aliphatic carboxylic acids is 1. The summed E-state index contributed by atoms with van der Waals surface area (Å²) in [6.45, 7) is 3.53. The fourth-order valence-corrected chi connectivity index (χ4v) is 2.59. The number of rotatable bonds is 5. The maximum absolute atomic E-state index is 11.5. The summed E-state index contributed by atoms with van der Waals surface area (Å²) < 4.78 is 0. The second kappa shape index (κ2) is 6.52. The van der Waals surface area contributed by atoms with Crippen molar-refractivity contribution in [3.8, 4) is 0 Å². The lowest BCUT2D eigenvalue weighted by atomic mass is 9.94. The number of nitrogens with zero attached hydrogens (tertiary/aromatic N) is 1. The van der Waals surface area contributed by atoms with E-state index in [1.54, 1.807) is 0 Å². The molecule has 1 amide bonds. The summed E-state index contributed by atoms with van der Waals surface area (Å²) in [4.78, 5) is 24.8. The second-order valence-corrected chi connectivity index (χ2v) is 5.00. The number of carbonyl (C=O) groups is 2. The molecule has 1 aliphatic rings. The third-order valence-electron chi connectivity index (χ3n) is 3.63. The minimum absolute atomic E-state index is 0.0319. The van der Waals surface area contributed by atoms with Gasteiger partial charge in [-0.3, -0.25) is 14.5 Å². The zero-order valence-electron chi connectivity index (χ0n) is 11.6. The van der Waals surface area contributed by atoms with Crippen LogP contribution < -0.4 is 5.32 Å². The maximum atomic E-state index is 11.5. The van der Waals surface area contributed by atoms with E-state index in [-0.39, 0.29) is 5.91 Å². The number of carboxylic acids is 1. The Morgan fingerprint density at radius 3 is 2.70 bits per heavy atom. The number of amides is 1. The normalized spacial score (nSPS) is 18.4. The third kappa shape index (κ3) is 3.36. The van der Waals surface area contributed by atoms with Gasteiger partial charge >= 0.3 is 5.97 Å². The van der Waals surface area contributed by atoms with Crippen molar-refractivity contribution in [2.45, 2.75) is 32.4 Å². The summed E-state index contributed by atoms with van der Waals surface area (Å²) in [7, 11) is 0. The predicted molar refractivity (Wildman–Crippen MR) is 75.3 cm³/mol. The summed E-state index contributed by atoms with van der Waals surface area (Å²) in [6, 6.07) is 7.35. The van der Waals surface area contributed by atoms with Crippen molar-refractivity contribution in [2.75, 3.05) is 13.1 Å². The van der Waals surface area contributed by atoms with Crippen LogP contribution in [0.3, 0.4) is 0 Å². The van der Waals surface area contributed by atoms with E-state index >= 15 is 0 Å². The van der Waals surface area contributed by atoms with E-state index in [2.05, 4.69) is 5.32 Å². The maximum Gasteiger partial charge on any atom is 0.321 e. The number of benzene rings is 1. The van der Waals surface area contributed by atoms with E-state index in [1.165, 1.54) is 0 Å². The molecule has 2 N–H and O–H groups in total. The van der Waals surface area contributed by atoms with E-state index in [0.717, 1.165) is 11.1 Å². The largest absolute Gasteiger partial charge is 0.480 e. The van der Waals surface area contributed by atoms with E-state index in [0.29, 0.717) is 32.5 Å². The van der Waals surface area contributed by atoms with Crippen molar-refractivity contribution in [3.05, 3.63) is 35.4 Å². The number of hydrogen-bond acceptors (Lipinski definition) is 3. The first kappa shape index (κ1) is 14.5. The van der Waals surface area contributed by atoms with Gasteiger partial charge in [0.2, 0.25) is 5.91 Å². The smallest absolute Gasteiger partial charge is 0.321 e. The molecule has 0 bridgehead atoms. The van der Waals surface area contributed by atoms with Crippen molar-refractivity contribution in [3.63, 3.8) is 0 Å². The van der Waals surface area contributed by atoms with Crippen LogP contribution in [-0.2, 0) is 22.6 Å². The summed E-state index contributed by atoms with van der Waals surface area (Å²) in [5.74, 6) is -0.856. The fraction of sp³-hybridized carbons (Fsp3) is 0.467. The van der Waals surface area contributed by atoms with Crippen LogP contribution in [0, 0.1) is 0 Å². The van der Waals surface area contributed by atoms with Gasteiger partial charge in [0.05, 0.1) is 0 Å². The molecule has 0 saturated carbocycles. The number of carbonyl (C=O) groups excluding carboxylic acids is 1. The van der Waals surface area contributed by atoms with Gasteiger partial charge in [0, 0.05) is 26.1 Å². The van der Waals surface area contributed by atoms with Crippen molar-refractivity contribution in [2.24, 2.45) is 0 Å². The zero-order valence-corrected chi connectivity index (χ0v) is 11.6. The molecule has 5 heteroatoms. The van der Waals surface area contributed by atoms with Crippen molar-refractivity contribution < 1.29 is 14.7 Å². The van der Waals surface area contributed by atoms with Gasteiger partial charge in [0.15, 0.2) is 0 Å². The quantitative estimate of drug-likeness (QED) is 0.842. The first-order valence-electron chi connectivity index (χ1n) is 6.92. The molecule has 0 radical (unpaired) electrons. The number of fused-ring (bicyclic) bond motifs is 1. The van der Waals surface area contributed by atoms with E-state index in [4.69, 9.17) is 0 Å². The molecule has 5 nitrogen and oxygen atoms in total. The molecule has 0 saturated heterocycles. The van der Waals surface area contributed by atoms with Crippen molar-refractivity contribution >= 4 is 11.9 Å². The fourth-order valence-electron chi connectivity index (χ4n) is 2.59. The number of nitrogens with one attached hydrogen (secondary N) is 1. The third-order valence-corrected chi connectivity index (χ3v) is 3.63. The Morgan fingerprint density at radius 2 is 2.05 bits per heavy atom. The highest BCUT2D eigenvalue weighted by Crippen LogP contribution is 2.23. The molecule has 108 valence electrons. The summed E-state index contributed by atoms with van der Waals surface area (Å²) in [6.07, 6.45) is 0.834. The molecule has 0 spiro atoms. The van der Waals surface area contributed by atoms with Crippen LogP contribution in [0.2, 0.25) is 0 Å².